The molecule has 6 nitrogen and oxygen atoms in total. The third-order valence-corrected chi connectivity index (χ3v) is 3.38. The lowest BCUT2D eigenvalue weighted by atomic mass is 10.2. The van der Waals surface area contributed by atoms with E-state index < -0.39 is 15.9 Å². The summed E-state index contributed by atoms with van der Waals surface area (Å²) in [7, 11) is -3.25. The van der Waals surface area contributed by atoms with E-state index >= 15 is 0 Å². The Morgan fingerprint density at radius 1 is 1.39 bits per heavy atom. The number of amides is 1. The topological polar surface area (TPSA) is 95.5 Å². The summed E-state index contributed by atoms with van der Waals surface area (Å²) in [6.45, 7) is 0.256. The number of carbonyl (C=O) groups is 1. The van der Waals surface area contributed by atoms with Crippen LogP contribution < -0.4 is 10.0 Å². The summed E-state index contributed by atoms with van der Waals surface area (Å²) in [4.78, 5) is 11.7. The Morgan fingerprint density at radius 2 is 2.06 bits per heavy atom. The van der Waals surface area contributed by atoms with E-state index in [-0.39, 0.29) is 24.4 Å². The fraction of sp³-hybridized carbons (Fsp3) is 0.300. The zero-order valence-electron chi connectivity index (χ0n) is 9.60. The van der Waals surface area contributed by atoms with Gasteiger partial charge in [-0.25, -0.2) is 13.1 Å². The van der Waals surface area contributed by atoms with Crippen LogP contribution in [0.15, 0.2) is 18.2 Å². The van der Waals surface area contributed by atoms with Crippen LogP contribution in [0.4, 0.5) is 0 Å². The first-order valence-corrected chi connectivity index (χ1v) is 7.98. The number of benzene rings is 1. The quantitative estimate of drug-likeness (QED) is 0.502. The van der Waals surface area contributed by atoms with Crippen molar-refractivity contribution in [2.24, 2.45) is 0 Å². The predicted molar refractivity (Wildman–Crippen MR) is 76.0 cm³/mol. The van der Waals surface area contributed by atoms with Crippen molar-refractivity contribution in [3.05, 3.63) is 27.3 Å². The summed E-state index contributed by atoms with van der Waals surface area (Å²) in [5.74, 6) is -0.551. The standard InChI is InChI=1S/C10H13IN2O4S/c1-18(16,17)13-5-4-12-10(15)8-6-7(11)2-3-9(8)14/h2-3,6,13-14H,4-5H2,1H3,(H,12,15). The van der Waals surface area contributed by atoms with E-state index in [1.807, 2.05) is 22.6 Å². The van der Waals surface area contributed by atoms with Crippen LogP contribution in [0.2, 0.25) is 0 Å². The van der Waals surface area contributed by atoms with Gasteiger partial charge in [-0.3, -0.25) is 4.79 Å². The van der Waals surface area contributed by atoms with Crippen LogP contribution in [0.25, 0.3) is 0 Å². The number of hydrogen-bond acceptors (Lipinski definition) is 4. The molecule has 0 unspecified atom stereocenters. The molecule has 1 rings (SSSR count). The molecule has 1 amide bonds. The molecular weight excluding hydrogens is 371 g/mol. The number of phenolic OH excluding ortho intramolecular Hbond substituents is 1. The molecule has 0 atom stereocenters. The number of aromatic hydroxyl groups is 1. The van der Waals surface area contributed by atoms with Crippen LogP contribution >= 0.6 is 22.6 Å². The molecule has 0 aliphatic heterocycles. The summed E-state index contributed by atoms with van der Waals surface area (Å²) >= 11 is 2.03. The fourth-order valence-electron chi connectivity index (χ4n) is 1.20. The van der Waals surface area contributed by atoms with Gasteiger partial charge in [-0.1, -0.05) is 0 Å². The monoisotopic (exact) mass is 384 g/mol. The van der Waals surface area contributed by atoms with E-state index in [2.05, 4.69) is 10.0 Å². The molecule has 3 N–H and O–H groups in total. The molecule has 100 valence electrons. The van der Waals surface area contributed by atoms with Crippen LogP contribution in [0, 0.1) is 3.57 Å². The third-order valence-electron chi connectivity index (χ3n) is 1.98. The number of sulfonamides is 1. The third kappa shape index (κ3) is 5.19. The second-order valence-corrected chi connectivity index (χ2v) is 6.66. The Kier molecular flexibility index (Phi) is 5.35. The molecule has 0 fully saturated rings. The number of rotatable bonds is 5. The van der Waals surface area contributed by atoms with E-state index in [9.17, 15) is 18.3 Å². The van der Waals surface area contributed by atoms with Gasteiger partial charge in [0.2, 0.25) is 10.0 Å². The summed E-state index contributed by atoms with van der Waals surface area (Å²) in [5.41, 5.74) is 0.168. The SMILES string of the molecule is CS(=O)(=O)NCCNC(=O)c1cc(I)ccc1O. The first-order chi connectivity index (χ1) is 8.29. The minimum Gasteiger partial charge on any atom is -0.507 e. The van der Waals surface area contributed by atoms with Crippen LogP contribution in [-0.2, 0) is 10.0 Å². The van der Waals surface area contributed by atoms with Crippen molar-refractivity contribution in [3.8, 4) is 5.75 Å². The van der Waals surface area contributed by atoms with Crippen molar-refractivity contribution >= 4 is 38.5 Å². The lowest BCUT2D eigenvalue weighted by molar-refractivity contribution is 0.0951. The molecule has 1 aromatic rings. The molecule has 0 bridgehead atoms. The molecule has 0 radical (unpaired) electrons. The van der Waals surface area contributed by atoms with Gasteiger partial charge in [-0.15, -0.1) is 0 Å². The molecule has 1 aromatic carbocycles. The summed E-state index contributed by atoms with van der Waals surface area (Å²) in [6.07, 6.45) is 1.04. The van der Waals surface area contributed by atoms with Gasteiger partial charge in [0.15, 0.2) is 0 Å². The Bertz CT molecular complexity index is 545. The number of phenols is 1. The summed E-state index contributed by atoms with van der Waals surface area (Å²) in [5, 5.41) is 12.0. The summed E-state index contributed by atoms with van der Waals surface area (Å²) in [6, 6.07) is 4.67. The van der Waals surface area contributed by atoms with Crippen LogP contribution in [0.5, 0.6) is 5.75 Å². The molecule has 18 heavy (non-hydrogen) atoms. The Hall–Kier alpha value is -0.870. The smallest absolute Gasteiger partial charge is 0.255 e. The lowest BCUT2D eigenvalue weighted by Crippen LogP contribution is -2.34. The molecule has 0 aliphatic rings. The zero-order chi connectivity index (χ0) is 13.8. The minimum absolute atomic E-state index is 0.106. The molecule has 8 heteroatoms. The molecule has 0 spiro atoms. The second-order valence-electron chi connectivity index (χ2n) is 3.58. The van der Waals surface area contributed by atoms with Gasteiger partial charge in [-0.05, 0) is 40.8 Å². The first-order valence-electron chi connectivity index (χ1n) is 5.01. The van der Waals surface area contributed by atoms with Crippen molar-refractivity contribution in [2.75, 3.05) is 19.3 Å². The lowest BCUT2D eigenvalue weighted by Gasteiger charge is -2.07. The highest BCUT2D eigenvalue weighted by Gasteiger charge is 2.11. The van der Waals surface area contributed by atoms with Gasteiger partial charge >= 0.3 is 0 Å². The van der Waals surface area contributed by atoms with Crippen molar-refractivity contribution in [3.63, 3.8) is 0 Å². The average Bonchev–Trinajstić information content (AvgIpc) is 2.26. The van der Waals surface area contributed by atoms with Gasteiger partial charge in [-0.2, -0.15) is 0 Å². The maximum Gasteiger partial charge on any atom is 0.255 e. The highest BCUT2D eigenvalue weighted by Crippen LogP contribution is 2.19. The summed E-state index contributed by atoms with van der Waals surface area (Å²) < 4.78 is 24.6. The van der Waals surface area contributed by atoms with Gasteiger partial charge in [0, 0.05) is 16.7 Å². The van der Waals surface area contributed by atoms with E-state index in [0.29, 0.717) is 0 Å². The van der Waals surface area contributed by atoms with Gasteiger partial charge in [0.25, 0.3) is 5.91 Å². The van der Waals surface area contributed by atoms with Crippen LogP contribution in [0.1, 0.15) is 10.4 Å². The zero-order valence-corrected chi connectivity index (χ0v) is 12.6. The number of halogens is 1. The molecule has 0 aromatic heterocycles. The van der Waals surface area contributed by atoms with Crippen molar-refractivity contribution < 1.29 is 18.3 Å². The Labute approximate surface area is 119 Å². The van der Waals surface area contributed by atoms with E-state index in [0.717, 1.165) is 9.83 Å². The van der Waals surface area contributed by atoms with Crippen LogP contribution in [-0.4, -0.2) is 38.8 Å². The number of carbonyl (C=O) groups excluding carboxylic acids is 1. The van der Waals surface area contributed by atoms with Gasteiger partial charge < -0.3 is 10.4 Å². The normalized spacial score (nSPS) is 11.2. The Balaban J connectivity index is 2.53. The maximum atomic E-state index is 11.7. The van der Waals surface area contributed by atoms with E-state index in [4.69, 9.17) is 0 Å². The van der Waals surface area contributed by atoms with Gasteiger partial charge in [0.1, 0.15) is 5.75 Å². The molecule has 0 saturated carbocycles. The van der Waals surface area contributed by atoms with E-state index in [1.54, 1.807) is 12.1 Å². The molecule has 0 saturated heterocycles. The predicted octanol–water partition coefficient (Wildman–Crippen LogP) is 0.276. The highest BCUT2D eigenvalue weighted by atomic mass is 127. The minimum atomic E-state index is -3.25. The first kappa shape index (κ1) is 15.2. The van der Waals surface area contributed by atoms with Crippen molar-refractivity contribution in [1.29, 1.82) is 0 Å². The average molecular weight is 384 g/mol. The maximum absolute atomic E-state index is 11.7. The number of hydrogen-bond donors (Lipinski definition) is 3. The number of nitrogens with one attached hydrogen (secondary N) is 2. The van der Waals surface area contributed by atoms with Crippen LogP contribution in [0.3, 0.4) is 0 Å². The van der Waals surface area contributed by atoms with E-state index in [1.165, 1.54) is 6.07 Å². The Morgan fingerprint density at radius 3 is 2.67 bits per heavy atom. The largest absolute Gasteiger partial charge is 0.507 e. The second kappa shape index (κ2) is 6.34. The fourth-order valence-corrected chi connectivity index (χ4v) is 2.16. The van der Waals surface area contributed by atoms with Crippen molar-refractivity contribution in [2.45, 2.75) is 0 Å². The van der Waals surface area contributed by atoms with Crippen molar-refractivity contribution in [1.82, 2.24) is 10.0 Å². The molecular formula is C10H13IN2O4S. The highest BCUT2D eigenvalue weighted by molar-refractivity contribution is 14.1. The van der Waals surface area contributed by atoms with Gasteiger partial charge in [0.05, 0.1) is 11.8 Å². The molecule has 0 aliphatic carbocycles. The molecule has 0 heterocycles.